The van der Waals surface area contributed by atoms with Crippen LogP contribution < -0.4 is 5.32 Å². The summed E-state index contributed by atoms with van der Waals surface area (Å²) in [6.07, 6.45) is 3.50. The molecule has 0 unspecified atom stereocenters. The number of aromatic nitrogens is 6. The van der Waals surface area contributed by atoms with E-state index in [0.29, 0.717) is 18.0 Å². The first-order chi connectivity index (χ1) is 11.4. The number of pyridine rings is 1. The lowest BCUT2D eigenvalue weighted by molar-refractivity contribution is 0.838. The first-order valence-electron chi connectivity index (χ1n) is 7.18. The summed E-state index contributed by atoms with van der Waals surface area (Å²) in [5.74, 6) is 0.642. The molecule has 0 saturated carbocycles. The second kappa shape index (κ2) is 5.80. The molecule has 0 amide bonds. The third-order valence-corrected chi connectivity index (χ3v) is 3.45. The van der Waals surface area contributed by atoms with Crippen LogP contribution in [0.15, 0.2) is 60.9 Å². The Morgan fingerprint density at radius 2 is 1.83 bits per heavy atom. The van der Waals surface area contributed by atoms with E-state index in [-0.39, 0.29) is 0 Å². The smallest absolute Gasteiger partial charge is 0.190 e. The number of para-hydroxylation sites is 1. The van der Waals surface area contributed by atoms with Crippen LogP contribution in [0.2, 0.25) is 0 Å². The van der Waals surface area contributed by atoms with Gasteiger partial charge in [0.25, 0.3) is 0 Å². The Morgan fingerprint density at radius 3 is 2.65 bits per heavy atom. The molecule has 0 radical (unpaired) electrons. The zero-order valence-corrected chi connectivity index (χ0v) is 12.2. The van der Waals surface area contributed by atoms with Gasteiger partial charge in [-0.3, -0.25) is 4.98 Å². The van der Waals surface area contributed by atoms with Crippen LogP contribution in [-0.2, 0) is 6.54 Å². The standard InChI is InChI=1S/C16H13N7/c1-2-7-13(8-3-1)23-16-14(11-19-23)15(20-22-21-16)18-10-12-6-4-5-9-17-12/h1-9,11H,10H2,(H,18,20,21). The zero-order valence-electron chi connectivity index (χ0n) is 12.2. The molecule has 7 nitrogen and oxygen atoms in total. The molecular weight excluding hydrogens is 290 g/mol. The van der Waals surface area contributed by atoms with Crippen LogP contribution in [0, 0.1) is 0 Å². The van der Waals surface area contributed by atoms with Crippen molar-refractivity contribution in [2.45, 2.75) is 6.54 Å². The minimum Gasteiger partial charge on any atom is -0.362 e. The summed E-state index contributed by atoms with van der Waals surface area (Å²) in [5, 5.41) is 20.5. The van der Waals surface area contributed by atoms with Crippen LogP contribution in [0.1, 0.15) is 5.69 Å². The van der Waals surface area contributed by atoms with Gasteiger partial charge in [0.05, 0.1) is 29.5 Å². The largest absolute Gasteiger partial charge is 0.362 e. The number of hydrogen-bond acceptors (Lipinski definition) is 6. The van der Waals surface area contributed by atoms with Crippen LogP contribution in [0.25, 0.3) is 16.7 Å². The van der Waals surface area contributed by atoms with Crippen molar-refractivity contribution in [3.8, 4) is 5.69 Å². The minimum absolute atomic E-state index is 0.561. The Bertz CT molecular complexity index is 919. The number of nitrogens with zero attached hydrogens (tertiary/aromatic N) is 6. The third kappa shape index (κ3) is 2.59. The van der Waals surface area contributed by atoms with E-state index in [4.69, 9.17) is 0 Å². The highest BCUT2D eigenvalue weighted by molar-refractivity contribution is 5.86. The fourth-order valence-electron chi connectivity index (χ4n) is 2.33. The summed E-state index contributed by atoms with van der Waals surface area (Å²) in [4.78, 5) is 4.28. The van der Waals surface area contributed by atoms with Crippen molar-refractivity contribution in [1.82, 2.24) is 30.2 Å². The van der Waals surface area contributed by atoms with E-state index in [1.54, 1.807) is 17.1 Å². The van der Waals surface area contributed by atoms with Crippen molar-refractivity contribution < 1.29 is 0 Å². The highest BCUT2D eigenvalue weighted by Gasteiger charge is 2.11. The van der Waals surface area contributed by atoms with E-state index in [0.717, 1.165) is 16.8 Å². The van der Waals surface area contributed by atoms with Crippen molar-refractivity contribution in [3.05, 3.63) is 66.6 Å². The van der Waals surface area contributed by atoms with Gasteiger partial charge in [0.1, 0.15) is 0 Å². The average Bonchev–Trinajstić information content (AvgIpc) is 3.06. The molecule has 1 N–H and O–H groups in total. The van der Waals surface area contributed by atoms with Crippen molar-refractivity contribution in [2.75, 3.05) is 5.32 Å². The molecule has 4 aromatic rings. The highest BCUT2D eigenvalue weighted by Crippen LogP contribution is 2.20. The predicted octanol–water partition coefficient (Wildman–Crippen LogP) is 2.22. The molecule has 3 heterocycles. The summed E-state index contributed by atoms with van der Waals surface area (Å²) in [6.45, 7) is 0.561. The molecule has 1 aromatic carbocycles. The molecule has 0 aliphatic heterocycles. The SMILES string of the molecule is c1ccc(-n2ncc3c(NCc4ccccn4)nnnc32)cc1. The molecule has 0 atom stereocenters. The first kappa shape index (κ1) is 13.3. The number of rotatable bonds is 4. The summed E-state index contributed by atoms with van der Waals surface area (Å²) in [6, 6.07) is 15.6. The fraction of sp³-hybridized carbons (Fsp3) is 0.0625. The van der Waals surface area contributed by atoms with E-state index in [2.05, 4.69) is 30.8 Å². The Kier molecular flexibility index (Phi) is 3.36. The maximum absolute atomic E-state index is 4.40. The highest BCUT2D eigenvalue weighted by atomic mass is 15.4. The van der Waals surface area contributed by atoms with Crippen LogP contribution >= 0.6 is 0 Å². The number of fused-ring (bicyclic) bond motifs is 1. The molecule has 0 saturated heterocycles. The Morgan fingerprint density at radius 1 is 0.957 bits per heavy atom. The normalized spacial score (nSPS) is 10.8. The van der Waals surface area contributed by atoms with Crippen LogP contribution in [-0.4, -0.2) is 30.2 Å². The van der Waals surface area contributed by atoms with Gasteiger partial charge in [0, 0.05) is 6.20 Å². The van der Waals surface area contributed by atoms with E-state index < -0.39 is 0 Å². The predicted molar refractivity (Wildman–Crippen MR) is 86.0 cm³/mol. The van der Waals surface area contributed by atoms with Crippen molar-refractivity contribution >= 4 is 16.9 Å². The van der Waals surface area contributed by atoms with Crippen LogP contribution in [0.5, 0.6) is 0 Å². The average molecular weight is 303 g/mol. The number of anilines is 1. The lowest BCUT2D eigenvalue weighted by atomic mass is 10.3. The van der Waals surface area contributed by atoms with Crippen molar-refractivity contribution in [1.29, 1.82) is 0 Å². The zero-order chi connectivity index (χ0) is 15.5. The monoisotopic (exact) mass is 303 g/mol. The van der Waals surface area contributed by atoms with Gasteiger partial charge in [-0.1, -0.05) is 24.3 Å². The maximum Gasteiger partial charge on any atom is 0.190 e. The summed E-state index contributed by atoms with van der Waals surface area (Å²) >= 11 is 0. The number of hydrogen-bond donors (Lipinski definition) is 1. The van der Waals surface area contributed by atoms with Crippen LogP contribution in [0.4, 0.5) is 5.82 Å². The quantitative estimate of drug-likeness (QED) is 0.622. The van der Waals surface area contributed by atoms with Crippen molar-refractivity contribution in [2.24, 2.45) is 0 Å². The van der Waals surface area contributed by atoms with Gasteiger partial charge in [-0.15, -0.1) is 10.2 Å². The molecule has 4 rings (SSSR count). The molecule has 0 fully saturated rings. The van der Waals surface area contributed by atoms with Gasteiger partial charge < -0.3 is 5.32 Å². The molecule has 0 bridgehead atoms. The molecule has 23 heavy (non-hydrogen) atoms. The molecule has 112 valence electrons. The van der Waals surface area contributed by atoms with E-state index >= 15 is 0 Å². The van der Waals surface area contributed by atoms with Gasteiger partial charge in [0.2, 0.25) is 0 Å². The van der Waals surface area contributed by atoms with Gasteiger partial charge in [-0.2, -0.15) is 5.10 Å². The molecule has 7 heteroatoms. The van der Waals surface area contributed by atoms with Crippen molar-refractivity contribution in [3.63, 3.8) is 0 Å². The molecule has 0 aliphatic rings. The molecule has 0 aliphatic carbocycles. The lowest BCUT2D eigenvalue weighted by Crippen LogP contribution is -2.06. The Hall–Kier alpha value is -3.35. The second-order valence-corrected chi connectivity index (χ2v) is 4.94. The summed E-state index contributed by atoms with van der Waals surface area (Å²) < 4.78 is 1.75. The first-order valence-corrected chi connectivity index (χ1v) is 7.18. The number of nitrogens with one attached hydrogen (secondary N) is 1. The van der Waals surface area contributed by atoms with E-state index in [9.17, 15) is 0 Å². The van der Waals surface area contributed by atoms with Gasteiger partial charge in [-0.05, 0) is 29.5 Å². The minimum atomic E-state index is 0.561. The Labute approximate surface area is 132 Å². The molecular formula is C16H13N7. The topological polar surface area (TPSA) is 81.4 Å². The van der Waals surface area contributed by atoms with Gasteiger partial charge in [-0.25, -0.2) is 4.68 Å². The summed E-state index contributed by atoms with van der Waals surface area (Å²) in [5.41, 5.74) is 2.52. The van der Waals surface area contributed by atoms with E-state index in [1.807, 2.05) is 48.5 Å². The van der Waals surface area contributed by atoms with Gasteiger partial charge in [0.15, 0.2) is 11.5 Å². The van der Waals surface area contributed by atoms with Gasteiger partial charge >= 0.3 is 0 Å². The number of benzene rings is 1. The Balaban J connectivity index is 1.68. The second-order valence-electron chi connectivity index (χ2n) is 4.94. The maximum atomic E-state index is 4.40. The third-order valence-electron chi connectivity index (χ3n) is 3.45. The summed E-state index contributed by atoms with van der Waals surface area (Å²) in [7, 11) is 0. The van der Waals surface area contributed by atoms with E-state index in [1.165, 1.54) is 0 Å². The molecule has 3 aromatic heterocycles. The fourth-order valence-corrected chi connectivity index (χ4v) is 2.33. The lowest BCUT2D eigenvalue weighted by Gasteiger charge is -2.05. The van der Waals surface area contributed by atoms with Crippen LogP contribution in [0.3, 0.4) is 0 Å². The molecule has 0 spiro atoms.